The van der Waals surface area contributed by atoms with Crippen molar-refractivity contribution >= 4 is 23.1 Å². The lowest BCUT2D eigenvalue weighted by Gasteiger charge is -2.11. The first-order chi connectivity index (χ1) is 13.7. The minimum atomic E-state index is -0.130. The Labute approximate surface area is 161 Å². The first kappa shape index (κ1) is 17.5. The molecule has 5 nitrogen and oxygen atoms in total. The molecule has 0 atom stereocenters. The second-order valence-corrected chi connectivity index (χ2v) is 6.22. The first-order valence-corrected chi connectivity index (χ1v) is 8.79. The van der Waals surface area contributed by atoms with E-state index in [0.717, 1.165) is 11.3 Å². The number of rotatable bonds is 4. The van der Waals surface area contributed by atoms with E-state index in [1.54, 1.807) is 36.0 Å². The third-order valence-electron chi connectivity index (χ3n) is 4.45. The van der Waals surface area contributed by atoms with Gasteiger partial charge in [0.05, 0.1) is 23.7 Å². The molecule has 0 bridgehead atoms. The van der Waals surface area contributed by atoms with Crippen molar-refractivity contribution in [3.8, 4) is 17.2 Å². The SMILES string of the molecule is COc1cc(O)ccc1/C=C/c1nc2ccccc2c(=O)n1-c1ccccc1. The fraction of sp³-hybridized carbons (Fsp3) is 0.0435. The second kappa shape index (κ2) is 7.40. The predicted octanol–water partition coefficient (Wildman–Crippen LogP) is 4.27. The molecule has 138 valence electrons. The summed E-state index contributed by atoms with van der Waals surface area (Å²) in [5, 5.41) is 10.2. The van der Waals surface area contributed by atoms with E-state index in [0.29, 0.717) is 22.5 Å². The lowest BCUT2D eigenvalue weighted by molar-refractivity contribution is 0.407. The molecule has 0 amide bonds. The molecule has 4 rings (SSSR count). The summed E-state index contributed by atoms with van der Waals surface area (Å²) in [6.07, 6.45) is 3.59. The van der Waals surface area contributed by atoms with Crippen molar-refractivity contribution in [1.29, 1.82) is 0 Å². The maximum absolute atomic E-state index is 13.2. The van der Waals surface area contributed by atoms with Crippen molar-refractivity contribution in [1.82, 2.24) is 9.55 Å². The van der Waals surface area contributed by atoms with Gasteiger partial charge in [-0.05, 0) is 48.6 Å². The maximum atomic E-state index is 13.2. The highest BCUT2D eigenvalue weighted by molar-refractivity contribution is 5.80. The van der Waals surface area contributed by atoms with Gasteiger partial charge in [-0.1, -0.05) is 30.3 Å². The molecule has 3 aromatic carbocycles. The largest absolute Gasteiger partial charge is 0.508 e. The molecule has 1 N–H and O–H groups in total. The zero-order valence-corrected chi connectivity index (χ0v) is 15.2. The minimum Gasteiger partial charge on any atom is -0.508 e. The van der Waals surface area contributed by atoms with Crippen molar-refractivity contribution in [3.63, 3.8) is 0 Å². The van der Waals surface area contributed by atoms with Gasteiger partial charge in [0.25, 0.3) is 5.56 Å². The molecule has 0 unspecified atom stereocenters. The topological polar surface area (TPSA) is 64.3 Å². The fourth-order valence-electron chi connectivity index (χ4n) is 3.09. The highest BCUT2D eigenvalue weighted by Crippen LogP contribution is 2.25. The highest BCUT2D eigenvalue weighted by atomic mass is 16.5. The van der Waals surface area contributed by atoms with Gasteiger partial charge in [-0.3, -0.25) is 9.36 Å². The molecule has 0 fully saturated rings. The van der Waals surface area contributed by atoms with Crippen molar-refractivity contribution in [2.24, 2.45) is 0 Å². The Hall–Kier alpha value is -3.86. The number of para-hydroxylation sites is 2. The van der Waals surface area contributed by atoms with Crippen LogP contribution in [0.5, 0.6) is 11.5 Å². The normalized spacial score (nSPS) is 11.2. The molecule has 0 spiro atoms. The van der Waals surface area contributed by atoms with Crippen LogP contribution < -0.4 is 10.3 Å². The molecule has 4 aromatic rings. The van der Waals surface area contributed by atoms with Gasteiger partial charge in [0, 0.05) is 11.6 Å². The standard InChI is InChI=1S/C23H18N2O3/c1-28-21-15-18(26)13-11-16(21)12-14-22-24-20-10-6-5-9-19(20)23(27)25(22)17-7-3-2-4-8-17/h2-15,26H,1H3/b14-12+. The summed E-state index contributed by atoms with van der Waals surface area (Å²) in [6.45, 7) is 0. The zero-order valence-electron chi connectivity index (χ0n) is 15.2. The Balaban J connectivity index is 1.92. The van der Waals surface area contributed by atoms with Gasteiger partial charge in [-0.15, -0.1) is 0 Å². The number of phenols is 1. The summed E-state index contributed by atoms with van der Waals surface area (Å²) in [5.74, 6) is 1.16. The van der Waals surface area contributed by atoms with E-state index in [4.69, 9.17) is 4.74 Å². The number of nitrogens with zero attached hydrogens (tertiary/aromatic N) is 2. The molecule has 0 aliphatic carbocycles. The number of hydrogen-bond donors (Lipinski definition) is 1. The number of aromatic nitrogens is 2. The van der Waals surface area contributed by atoms with E-state index in [-0.39, 0.29) is 11.3 Å². The summed E-state index contributed by atoms with van der Waals surface area (Å²) in [7, 11) is 1.54. The third kappa shape index (κ3) is 3.25. The number of benzene rings is 3. The molecule has 1 aromatic heterocycles. The Morgan fingerprint density at radius 1 is 0.964 bits per heavy atom. The van der Waals surface area contributed by atoms with Gasteiger partial charge in [0.1, 0.15) is 17.3 Å². The van der Waals surface area contributed by atoms with Crippen LogP contribution in [0.1, 0.15) is 11.4 Å². The van der Waals surface area contributed by atoms with Crippen LogP contribution in [0.2, 0.25) is 0 Å². The monoisotopic (exact) mass is 370 g/mol. The summed E-state index contributed by atoms with van der Waals surface area (Å²) < 4.78 is 6.91. The van der Waals surface area contributed by atoms with Crippen molar-refractivity contribution in [2.75, 3.05) is 7.11 Å². The van der Waals surface area contributed by atoms with Crippen LogP contribution in [-0.2, 0) is 0 Å². The van der Waals surface area contributed by atoms with Gasteiger partial charge in [0.2, 0.25) is 0 Å². The van der Waals surface area contributed by atoms with Crippen LogP contribution in [0.4, 0.5) is 0 Å². The second-order valence-electron chi connectivity index (χ2n) is 6.22. The van der Waals surface area contributed by atoms with Crippen molar-refractivity contribution < 1.29 is 9.84 Å². The highest BCUT2D eigenvalue weighted by Gasteiger charge is 2.11. The summed E-state index contributed by atoms with van der Waals surface area (Å²) in [5.41, 5.74) is 2.01. The molecule has 28 heavy (non-hydrogen) atoms. The van der Waals surface area contributed by atoms with Crippen molar-refractivity contribution in [2.45, 2.75) is 0 Å². The van der Waals surface area contributed by atoms with Crippen LogP contribution in [0.15, 0.2) is 77.6 Å². The van der Waals surface area contributed by atoms with Gasteiger partial charge in [-0.2, -0.15) is 0 Å². The summed E-state index contributed by atoms with van der Waals surface area (Å²) >= 11 is 0. The molecule has 5 heteroatoms. The molecule has 1 heterocycles. The maximum Gasteiger partial charge on any atom is 0.266 e. The first-order valence-electron chi connectivity index (χ1n) is 8.79. The zero-order chi connectivity index (χ0) is 19.5. The van der Waals surface area contributed by atoms with Crippen LogP contribution in [0.25, 0.3) is 28.7 Å². The van der Waals surface area contributed by atoms with Gasteiger partial charge < -0.3 is 9.84 Å². The molecular formula is C23H18N2O3. The molecular weight excluding hydrogens is 352 g/mol. The summed E-state index contributed by atoms with van der Waals surface area (Å²) in [4.78, 5) is 17.8. The average Bonchev–Trinajstić information content (AvgIpc) is 2.73. The van der Waals surface area contributed by atoms with Gasteiger partial charge >= 0.3 is 0 Å². The molecule has 0 saturated heterocycles. The Morgan fingerprint density at radius 3 is 2.50 bits per heavy atom. The molecule has 0 radical (unpaired) electrons. The van der Waals surface area contributed by atoms with E-state index in [1.807, 2.05) is 54.6 Å². The smallest absolute Gasteiger partial charge is 0.266 e. The van der Waals surface area contributed by atoms with E-state index in [1.165, 1.54) is 6.07 Å². The lowest BCUT2D eigenvalue weighted by atomic mass is 10.1. The minimum absolute atomic E-state index is 0.124. The van der Waals surface area contributed by atoms with Crippen molar-refractivity contribution in [3.05, 3.63) is 94.5 Å². The quantitative estimate of drug-likeness (QED) is 0.583. The Kier molecular flexibility index (Phi) is 4.64. The Bertz CT molecular complexity index is 1230. The number of methoxy groups -OCH3 is 1. The van der Waals surface area contributed by atoms with E-state index < -0.39 is 0 Å². The van der Waals surface area contributed by atoms with Crippen LogP contribution in [0.3, 0.4) is 0 Å². The third-order valence-corrected chi connectivity index (χ3v) is 4.45. The Morgan fingerprint density at radius 2 is 1.71 bits per heavy atom. The lowest BCUT2D eigenvalue weighted by Crippen LogP contribution is -2.22. The van der Waals surface area contributed by atoms with Crippen LogP contribution >= 0.6 is 0 Å². The number of phenolic OH excluding ortho intramolecular Hbond substituents is 1. The molecule has 0 saturated carbocycles. The number of aromatic hydroxyl groups is 1. The number of fused-ring (bicyclic) bond motifs is 1. The number of ether oxygens (including phenoxy) is 1. The van der Waals surface area contributed by atoms with Crippen LogP contribution in [-0.4, -0.2) is 21.8 Å². The van der Waals surface area contributed by atoms with E-state index in [9.17, 15) is 9.90 Å². The van der Waals surface area contributed by atoms with Gasteiger partial charge in [0.15, 0.2) is 0 Å². The fourth-order valence-corrected chi connectivity index (χ4v) is 3.09. The van der Waals surface area contributed by atoms with Crippen LogP contribution in [0, 0.1) is 0 Å². The van der Waals surface area contributed by atoms with E-state index >= 15 is 0 Å². The number of hydrogen-bond acceptors (Lipinski definition) is 4. The van der Waals surface area contributed by atoms with E-state index in [2.05, 4.69) is 4.98 Å². The summed E-state index contributed by atoms with van der Waals surface area (Å²) in [6, 6.07) is 21.6. The molecule has 0 aliphatic rings. The van der Waals surface area contributed by atoms with Gasteiger partial charge in [-0.25, -0.2) is 4.98 Å². The average molecular weight is 370 g/mol. The molecule has 0 aliphatic heterocycles. The predicted molar refractivity (Wildman–Crippen MR) is 111 cm³/mol.